The van der Waals surface area contributed by atoms with Gasteiger partial charge < -0.3 is 4.98 Å². The van der Waals surface area contributed by atoms with E-state index < -0.39 is 5.69 Å². The van der Waals surface area contributed by atoms with Crippen molar-refractivity contribution in [1.82, 2.24) is 9.55 Å². The topological polar surface area (TPSA) is 54.9 Å². The maximum Gasteiger partial charge on any atom is 0.333 e. The van der Waals surface area contributed by atoms with Gasteiger partial charge in [0.1, 0.15) is 0 Å². The van der Waals surface area contributed by atoms with E-state index in [2.05, 4.69) is 4.98 Å². The number of aromatic amines is 1. The van der Waals surface area contributed by atoms with E-state index in [1.54, 1.807) is 24.3 Å². The number of nitrogens with one attached hydrogen (secondary N) is 1. The van der Waals surface area contributed by atoms with Gasteiger partial charge in [0, 0.05) is 11.0 Å². The van der Waals surface area contributed by atoms with E-state index in [9.17, 15) is 9.59 Å². The molecular formula is C16H12N2O2S. The Labute approximate surface area is 125 Å². The molecule has 0 fully saturated rings. The van der Waals surface area contributed by atoms with E-state index >= 15 is 0 Å². The Balaban J connectivity index is 2.01. The lowest BCUT2D eigenvalue weighted by molar-refractivity contribution is 0.832. The summed E-state index contributed by atoms with van der Waals surface area (Å²) in [5.41, 5.74) is -0.226. The molecule has 4 nitrogen and oxygen atoms in total. The van der Waals surface area contributed by atoms with Gasteiger partial charge in [0.05, 0.1) is 10.7 Å². The number of rotatable bonds is 3. The Kier molecular flexibility index (Phi) is 3.75. The van der Waals surface area contributed by atoms with Crippen LogP contribution in [0.3, 0.4) is 0 Å². The van der Waals surface area contributed by atoms with Crippen LogP contribution in [-0.4, -0.2) is 9.55 Å². The van der Waals surface area contributed by atoms with Crippen molar-refractivity contribution in [2.45, 2.75) is 9.92 Å². The molecule has 1 N–H and O–H groups in total. The first-order valence-corrected chi connectivity index (χ1v) is 7.20. The summed E-state index contributed by atoms with van der Waals surface area (Å²) in [7, 11) is 0. The summed E-state index contributed by atoms with van der Waals surface area (Å²) in [6.45, 7) is 0. The molecule has 0 aliphatic heterocycles. The summed E-state index contributed by atoms with van der Waals surface area (Å²) in [5, 5.41) is 0.531. The van der Waals surface area contributed by atoms with Crippen LogP contribution in [0.15, 0.2) is 86.2 Å². The summed E-state index contributed by atoms with van der Waals surface area (Å²) >= 11 is 1.35. The standard InChI is InChI=1S/C16H12N2O2S/c19-15-11-14(21-13-9-5-2-6-10-13)17-16(20)18(15)12-7-3-1-4-8-12/h1-11H,(H,17,20). The first-order chi connectivity index (χ1) is 10.2. The predicted molar refractivity (Wildman–Crippen MR) is 83.2 cm³/mol. The van der Waals surface area contributed by atoms with Crippen LogP contribution in [-0.2, 0) is 0 Å². The van der Waals surface area contributed by atoms with Crippen LogP contribution in [0, 0.1) is 0 Å². The second-order valence-electron chi connectivity index (χ2n) is 4.36. The number of nitrogens with zero attached hydrogens (tertiary/aromatic N) is 1. The molecule has 104 valence electrons. The molecule has 0 amide bonds. The zero-order valence-electron chi connectivity index (χ0n) is 11.0. The molecule has 1 aromatic heterocycles. The van der Waals surface area contributed by atoms with Gasteiger partial charge in [0.25, 0.3) is 5.56 Å². The molecule has 3 rings (SSSR count). The van der Waals surface area contributed by atoms with Crippen LogP contribution in [0.5, 0.6) is 0 Å². The smallest absolute Gasteiger partial charge is 0.301 e. The van der Waals surface area contributed by atoms with Crippen molar-refractivity contribution >= 4 is 11.8 Å². The highest BCUT2D eigenvalue weighted by atomic mass is 32.2. The lowest BCUT2D eigenvalue weighted by Gasteiger charge is -2.06. The molecule has 0 aliphatic rings. The van der Waals surface area contributed by atoms with Gasteiger partial charge in [0.2, 0.25) is 0 Å². The SMILES string of the molecule is O=c1cc(Sc2ccccc2)[nH]c(=O)n1-c1ccccc1. The van der Waals surface area contributed by atoms with Crippen LogP contribution >= 0.6 is 11.8 Å². The minimum absolute atomic E-state index is 0.344. The van der Waals surface area contributed by atoms with E-state index in [1.807, 2.05) is 36.4 Å². The minimum Gasteiger partial charge on any atom is -0.301 e. The molecule has 0 radical (unpaired) electrons. The average molecular weight is 296 g/mol. The monoisotopic (exact) mass is 296 g/mol. The summed E-state index contributed by atoms with van der Waals surface area (Å²) < 4.78 is 1.12. The van der Waals surface area contributed by atoms with E-state index in [0.717, 1.165) is 9.46 Å². The van der Waals surface area contributed by atoms with Gasteiger partial charge in [-0.05, 0) is 24.3 Å². The van der Waals surface area contributed by atoms with Crippen LogP contribution in [0.4, 0.5) is 0 Å². The lowest BCUT2D eigenvalue weighted by Crippen LogP contribution is -2.33. The zero-order chi connectivity index (χ0) is 14.7. The number of aromatic nitrogens is 2. The number of hydrogen-bond acceptors (Lipinski definition) is 3. The second-order valence-corrected chi connectivity index (χ2v) is 5.48. The maximum absolute atomic E-state index is 12.2. The molecule has 0 saturated heterocycles. The zero-order valence-corrected chi connectivity index (χ0v) is 11.8. The Bertz CT molecular complexity index is 823. The molecular weight excluding hydrogens is 284 g/mol. The maximum atomic E-state index is 12.2. The fraction of sp³-hybridized carbons (Fsp3) is 0. The first kappa shape index (κ1) is 13.5. The Morgan fingerprint density at radius 3 is 2.10 bits per heavy atom. The van der Waals surface area contributed by atoms with Crippen molar-refractivity contribution in [2.75, 3.05) is 0 Å². The van der Waals surface area contributed by atoms with Crippen molar-refractivity contribution in [3.63, 3.8) is 0 Å². The van der Waals surface area contributed by atoms with Crippen molar-refractivity contribution in [1.29, 1.82) is 0 Å². The highest BCUT2D eigenvalue weighted by Crippen LogP contribution is 2.23. The molecule has 21 heavy (non-hydrogen) atoms. The fourth-order valence-corrected chi connectivity index (χ4v) is 2.81. The van der Waals surface area contributed by atoms with Gasteiger partial charge in [-0.3, -0.25) is 4.79 Å². The quantitative estimate of drug-likeness (QED) is 0.756. The van der Waals surface area contributed by atoms with E-state index in [4.69, 9.17) is 0 Å². The fourth-order valence-electron chi connectivity index (χ4n) is 1.97. The largest absolute Gasteiger partial charge is 0.333 e. The number of benzene rings is 2. The van der Waals surface area contributed by atoms with E-state index in [0.29, 0.717) is 10.7 Å². The van der Waals surface area contributed by atoms with Gasteiger partial charge >= 0.3 is 5.69 Å². The molecule has 0 spiro atoms. The first-order valence-electron chi connectivity index (χ1n) is 6.39. The Hall–Kier alpha value is -2.53. The molecule has 1 heterocycles. The summed E-state index contributed by atoms with van der Waals surface area (Å²) in [6, 6.07) is 19.9. The lowest BCUT2D eigenvalue weighted by atomic mass is 10.3. The third-order valence-corrected chi connectivity index (χ3v) is 3.84. The number of hydrogen-bond donors (Lipinski definition) is 1. The Morgan fingerprint density at radius 2 is 1.48 bits per heavy atom. The Morgan fingerprint density at radius 1 is 0.857 bits per heavy atom. The van der Waals surface area contributed by atoms with Gasteiger partial charge in [0.15, 0.2) is 0 Å². The van der Waals surface area contributed by atoms with Gasteiger partial charge in [-0.2, -0.15) is 0 Å². The number of H-pyrrole nitrogens is 1. The molecule has 0 bridgehead atoms. The van der Waals surface area contributed by atoms with Crippen LogP contribution in [0.25, 0.3) is 5.69 Å². The van der Waals surface area contributed by atoms with Crippen molar-refractivity contribution in [3.8, 4) is 5.69 Å². The third-order valence-electron chi connectivity index (χ3n) is 2.89. The van der Waals surface area contributed by atoms with Crippen molar-refractivity contribution in [2.24, 2.45) is 0 Å². The van der Waals surface area contributed by atoms with Crippen LogP contribution < -0.4 is 11.2 Å². The van der Waals surface area contributed by atoms with E-state index in [-0.39, 0.29) is 5.56 Å². The van der Waals surface area contributed by atoms with Crippen LogP contribution in [0.1, 0.15) is 0 Å². The highest BCUT2D eigenvalue weighted by molar-refractivity contribution is 7.99. The molecule has 0 aliphatic carbocycles. The molecule has 2 aromatic carbocycles. The molecule has 0 unspecified atom stereocenters. The summed E-state index contributed by atoms with van der Waals surface area (Å²) in [6.07, 6.45) is 0. The molecule has 5 heteroatoms. The van der Waals surface area contributed by atoms with Gasteiger partial charge in [-0.25, -0.2) is 9.36 Å². The molecule has 0 atom stereocenters. The molecule has 0 saturated carbocycles. The average Bonchev–Trinajstić information content (AvgIpc) is 2.49. The van der Waals surface area contributed by atoms with Gasteiger partial charge in [-0.1, -0.05) is 48.2 Å². The summed E-state index contributed by atoms with van der Waals surface area (Å²) in [4.78, 5) is 28.0. The highest BCUT2D eigenvalue weighted by Gasteiger charge is 2.07. The third kappa shape index (κ3) is 2.98. The van der Waals surface area contributed by atoms with Gasteiger partial charge in [-0.15, -0.1) is 0 Å². The second kappa shape index (κ2) is 5.85. The predicted octanol–water partition coefficient (Wildman–Crippen LogP) is 2.68. The minimum atomic E-state index is -0.438. The normalized spacial score (nSPS) is 10.5. The van der Waals surface area contributed by atoms with Crippen molar-refractivity contribution in [3.05, 3.63) is 87.6 Å². The van der Waals surface area contributed by atoms with Crippen molar-refractivity contribution < 1.29 is 0 Å². The van der Waals surface area contributed by atoms with Crippen LogP contribution in [0.2, 0.25) is 0 Å². The summed E-state index contributed by atoms with van der Waals surface area (Å²) in [5.74, 6) is 0. The number of para-hydroxylation sites is 1. The molecule has 3 aromatic rings. The van der Waals surface area contributed by atoms with E-state index in [1.165, 1.54) is 17.8 Å².